The lowest BCUT2D eigenvalue weighted by atomic mass is 10.2. The van der Waals surface area contributed by atoms with Crippen molar-refractivity contribution in [2.24, 2.45) is 0 Å². The molecule has 0 aliphatic carbocycles. The molecule has 124 valence electrons. The molecule has 6 nitrogen and oxygen atoms in total. The molecule has 1 aliphatic rings. The molecule has 0 bridgehead atoms. The van der Waals surface area contributed by atoms with Crippen LogP contribution in [0, 0.1) is 6.92 Å². The Kier molecular flexibility index (Phi) is 5.26. The fourth-order valence-electron chi connectivity index (χ4n) is 2.69. The third kappa shape index (κ3) is 4.09. The Balaban J connectivity index is 2.25. The minimum absolute atomic E-state index is 0.0201. The number of aromatic nitrogens is 2. The molecule has 2 heterocycles. The third-order valence-corrected chi connectivity index (χ3v) is 5.85. The highest BCUT2D eigenvalue weighted by atomic mass is 32.2. The van der Waals surface area contributed by atoms with Crippen LogP contribution in [0.3, 0.4) is 0 Å². The summed E-state index contributed by atoms with van der Waals surface area (Å²) in [6, 6.07) is 2.24. The molecule has 2 atom stereocenters. The number of aryl methyl sites for hydroxylation is 1. The van der Waals surface area contributed by atoms with E-state index in [0.29, 0.717) is 25.0 Å². The van der Waals surface area contributed by atoms with E-state index in [0.717, 1.165) is 17.9 Å². The summed E-state index contributed by atoms with van der Waals surface area (Å²) in [5, 5.41) is 3.36. The summed E-state index contributed by atoms with van der Waals surface area (Å²) in [6.07, 6.45) is 1.67. The van der Waals surface area contributed by atoms with Crippen LogP contribution in [-0.4, -0.2) is 48.5 Å². The van der Waals surface area contributed by atoms with Crippen molar-refractivity contribution < 1.29 is 8.42 Å². The SMILES string of the molecule is CCC(C)Nc1cc(C)nc(N(CC)C2CCS(=O)(=O)C2)n1. The average Bonchev–Trinajstić information content (AvgIpc) is 2.79. The lowest BCUT2D eigenvalue weighted by molar-refractivity contribution is 0.599. The van der Waals surface area contributed by atoms with Crippen LogP contribution in [0.5, 0.6) is 0 Å². The standard InChI is InChI=1S/C15H26N4O2S/c1-5-11(3)16-14-9-12(4)17-15(18-14)19(6-2)13-7-8-22(20,21)10-13/h9,11,13H,5-8,10H2,1-4H3,(H,16,17,18). The van der Waals surface area contributed by atoms with E-state index in [9.17, 15) is 8.42 Å². The first-order chi connectivity index (χ1) is 10.3. The van der Waals surface area contributed by atoms with Crippen molar-refractivity contribution in [3.05, 3.63) is 11.8 Å². The van der Waals surface area contributed by atoms with Crippen molar-refractivity contribution in [2.45, 2.75) is 52.6 Å². The van der Waals surface area contributed by atoms with Gasteiger partial charge in [0.15, 0.2) is 9.84 Å². The highest BCUT2D eigenvalue weighted by molar-refractivity contribution is 7.91. The maximum Gasteiger partial charge on any atom is 0.227 e. The Morgan fingerprint density at radius 3 is 2.68 bits per heavy atom. The smallest absolute Gasteiger partial charge is 0.227 e. The van der Waals surface area contributed by atoms with Crippen LogP contribution in [0.25, 0.3) is 0 Å². The Morgan fingerprint density at radius 1 is 1.41 bits per heavy atom. The van der Waals surface area contributed by atoms with E-state index in [1.165, 1.54) is 0 Å². The number of sulfone groups is 1. The van der Waals surface area contributed by atoms with Gasteiger partial charge in [-0.1, -0.05) is 6.92 Å². The molecular formula is C15H26N4O2S. The normalized spacial score (nSPS) is 21.5. The van der Waals surface area contributed by atoms with E-state index in [2.05, 4.69) is 29.1 Å². The zero-order valence-corrected chi connectivity index (χ0v) is 14.7. The van der Waals surface area contributed by atoms with Crippen molar-refractivity contribution in [2.75, 3.05) is 28.3 Å². The Bertz CT molecular complexity index is 618. The Hall–Kier alpha value is -1.37. The van der Waals surface area contributed by atoms with Gasteiger partial charge in [-0.2, -0.15) is 4.98 Å². The highest BCUT2D eigenvalue weighted by Gasteiger charge is 2.33. The summed E-state index contributed by atoms with van der Waals surface area (Å²) >= 11 is 0. The second-order valence-corrected chi connectivity index (χ2v) is 8.22. The second kappa shape index (κ2) is 6.81. The van der Waals surface area contributed by atoms with Gasteiger partial charge in [-0.25, -0.2) is 13.4 Å². The van der Waals surface area contributed by atoms with Crippen LogP contribution >= 0.6 is 0 Å². The van der Waals surface area contributed by atoms with E-state index in [4.69, 9.17) is 0 Å². The van der Waals surface area contributed by atoms with Crippen LogP contribution in [-0.2, 0) is 9.84 Å². The van der Waals surface area contributed by atoms with Crippen LogP contribution in [0.1, 0.15) is 39.3 Å². The quantitative estimate of drug-likeness (QED) is 0.862. The predicted molar refractivity (Wildman–Crippen MR) is 90.2 cm³/mol. The first kappa shape index (κ1) is 17.0. The van der Waals surface area contributed by atoms with E-state index >= 15 is 0 Å². The molecule has 0 aromatic carbocycles. The molecule has 0 spiro atoms. The zero-order chi connectivity index (χ0) is 16.3. The van der Waals surface area contributed by atoms with E-state index in [1.807, 2.05) is 24.8 Å². The maximum absolute atomic E-state index is 11.7. The van der Waals surface area contributed by atoms with Crippen molar-refractivity contribution in [1.82, 2.24) is 9.97 Å². The van der Waals surface area contributed by atoms with Crippen molar-refractivity contribution in [3.63, 3.8) is 0 Å². The largest absolute Gasteiger partial charge is 0.367 e. The lowest BCUT2D eigenvalue weighted by Gasteiger charge is -2.27. The highest BCUT2D eigenvalue weighted by Crippen LogP contribution is 2.23. The average molecular weight is 326 g/mol. The second-order valence-electron chi connectivity index (χ2n) is 5.99. The van der Waals surface area contributed by atoms with Gasteiger partial charge in [-0.15, -0.1) is 0 Å². The molecule has 22 heavy (non-hydrogen) atoms. The third-order valence-electron chi connectivity index (χ3n) is 4.10. The van der Waals surface area contributed by atoms with Crippen LogP contribution in [0.2, 0.25) is 0 Å². The molecule has 1 aromatic heterocycles. The molecule has 2 unspecified atom stereocenters. The molecule has 1 fully saturated rings. The number of hydrogen-bond donors (Lipinski definition) is 1. The van der Waals surface area contributed by atoms with Crippen LogP contribution < -0.4 is 10.2 Å². The minimum atomic E-state index is -2.91. The van der Waals surface area contributed by atoms with Gasteiger partial charge in [0, 0.05) is 30.4 Å². The maximum atomic E-state index is 11.7. The summed E-state index contributed by atoms with van der Waals surface area (Å²) in [4.78, 5) is 11.1. The molecule has 1 saturated heterocycles. The topological polar surface area (TPSA) is 75.2 Å². The first-order valence-corrected chi connectivity index (χ1v) is 9.76. The van der Waals surface area contributed by atoms with Gasteiger partial charge in [-0.05, 0) is 33.6 Å². The minimum Gasteiger partial charge on any atom is -0.367 e. The zero-order valence-electron chi connectivity index (χ0n) is 13.8. The summed E-state index contributed by atoms with van der Waals surface area (Å²) < 4.78 is 23.5. The van der Waals surface area contributed by atoms with Gasteiger partial charge in [0.1, 0.15) is 5.82 Å². The number of rotatable bonds is 6. The molecule has 1 aliphatic heterocycles. The van der Waals surface area contributed by atoms with E-state index in [1.54, 1.807) is 0 Å². The van der Waals surface area contributed by atoms with Crippen LogP contribution in [0.15, 0.2) is 6.07 Å². The monoisotopic (exact) mass is 326 g/mol. The van der Waals surface area contributed by atoms with Crippen molar-refractivity contribution in [3.8, 4) is 0 Å². The molecule has 2 rings (SSSR count). The molecule has 0 saturated carbocycles. The molecule has 0 radical (unpaired) electrons. The molecule has 7 heteroatoms. The number of anilines is 2. The fourth-order valence-corrected chi connectivity index (χ4v) is 4.42. The van der Waals surface area contributed by atoms with Gasteiger partial charge in [0.05, 0.1) is 11.5 Å². The van der Waals surface area contributed by atoms with Gasteiger partial charge in [-0.3, -0.25) is 0 Å². The molecule has 1 N–H and O–H groups in total. The number of nitrogens with zero attached hydrogens (tertiary/aromatic N) is 3. The van der Waals surface area contributed by atoms with Crippen molar-refractivity contribution in [1.29, 1.82) is 0 Å². The fraction of sp³-hybridized carbons (Fsp3) is 0.733. The Morgan fingerprint density at radius 2 is 2.14 bits per heavy atom. The first-order valence-electron chi connectivity index (χ1n) is 7.94. The summed E-state index contributed by atoms with van der Waals surface area (Å²) in [6.45, 7) is 8.88. The van der Waals surface area contributed by atoms with Crippen LogP contribution in [0.4, 0.5) is 11.8 Å². The predicted octanol–water partition coefficient (Wildman–Crippen LogP) is 2.01. The molecule has 1 aromatic rings. The molecule has 0 amide bonds. The van der Waals surface area contributed by atoms with E-state index < -0.39 is 9.84 Å². The van der Waals surface area contributed by atoms with Gasteiger partial charge in [0.25, 0.3) is 0 Å². The number of nitrogens with one attached hydrogen (secondary N) is 1. The van der Waals surface area contributed by atoms with E-state index in [-0.39, 0.29) is 17.5 Å². The Labute approximate surface area is 133 Å². The number of hydrogen-bond acceptors (Lipinski definition) is 6. The molecular weight excluding hydrogens is 300 g/mol. The van der Waals surface area contributed by atoms with Gasteiger partial charge >= 0.3 is 0 Å². The van der Waals surface area contributed by atoms with Gasteiger partial charge < -0.3 is 10.2 Å². The summed E-state index contributed by atoms with van der Waals surface area (Å²) in [5.74, 6) is 1.89. The lowest BCUT2D eigenvalue weighted by Crippen LogP contribution is -2.37. The summed E-state index contributed by atoms with van der Waals surface area (Å²) in [5.41, 5.74) is 0.884. The summed E-state index contributed by atoms with van der Waals surface area (Å²) in [7, 11) is -2.91. The van der Waals surface area contributed by atoms with Gasteiger partial charge in [0.2, 0.25) is 5.95 Å². The van der Waals surface area contributed by atoms with Crippen molar-refractivity contribution >= 4 is 21.6 Å².